The van der Waals surface area contributed by atoms with Crippen LogP contribution in [-0.4, -0.2) is 99.7 Å². The van der Waals surface area contributed by atoms with Crippen molar-refractivity contribution in [3.05, 3.63) is 47.6 Å². The third kappa shape index (κ3) is 13.0. The molecule has 11 nitrogen and oxygen atoms in total. The SMILES string of the molecule is COC1CC2CCC(C)C(O)(O2)C(=O)C(=O)N2CCCCC2C(=O)OC(C(C)=CCC(O)C(C)CC2CCC(O)CC2)CC(=O)C(C)CC(C)C=CC=CC=C1C. The third-order valence-corrected chi connectivity index (χ3v) is 13.1. The molecule has 11 heteroatoms. The minimum atomic E-state index is -2.38. The Morgan fingerprint density at radius 2 is 1.72 bits per heavy atom. The van der Waals surface area contributed by atoms with E-state index in [-0.39, 0.29) is 55.1 Å². The fraction of sp³-hybridized carbons (Fsp3) is 0.739. The summed E-state index contributed by atoms with van der Waals surface area (Å²) in [7, 11) is 1.60. The number of amides is 1. The number of cyclic esters (lactones) is 1. The fourth-order valence-electron chi connectivity index (χ4n) is 8.95. The zero-order valence-electron chi connectivity index (χ0n) is 35.6. The van der Waals surface area contributed by atoms with Crippen LogP contribution in [0, 0.1) is 29.6 Å². The molecule has 1 aliphatic carbocycles. The van der Waals surface area contributed by atoms with Gasteiger partial charge in [-0.2, -0.15) is 0 Å². The first-order chi connectivity index (χ1) is 27.0. The molecule has 4 rings (SSSR count). The summed E-state index contributed by atoms with van der Waals surface area (Å²) in [5.74, 6) is -5.68. The molecule has 3 N–H and O–H groups in total. The highest BCUT2D eigenvalue weighted by Gasteiger charge is 2.53. The quantitative estimate of drug-likeness (QED) is 0.143. The summed E-state index contributed by atoms with van der Waals surface area (Å²) in [4.78, 5) is 57.2. The average Bonchev–Trinajstić information content (AvgIpc) is 3.19. The number of aliphatic hydroxyl groups is 3. The summed E-state index contributed by atoms with van der Waals surface area (Å²) in [5.41, 5.74) is 1.56. The maximum atomic E-state index is 14.1. The van der Waals surface area contributed by atoms with E-state index < -0.39 is 53.7 Å². The van der Waals surface area contributed by atoms with Crippen LogP contribution in [0.2, 0.25) is 0 Å². The number of ether oxygens (including phenoxy) is 3. The predicted octanol–water partition coefficient (Wildman–Crippen LogP) is 6.73. The van der Waals surface area contributed by atoms with Gasteiger partial charge in [-0.3, -0.25) is 14.4 Å². The number of Topliss-reactive ketones (excluding diaryl/α,β-unsaturated/α-hetero) is 2. The number of aliphatic hydroxyl groups excluding tert-OH is 2. The lowest BCUT2D eigenvalue weighted by Crippen LogP contribution is -2.60. The van der Waals surface area contributed by atoms with Crippen molar-refractivity contribution in [2.75, 3.05) is 13.7 Å². The molecule has 3 heterocycles. The smallest absolute Gasteiger partial charge is 0.329 e. The van der Waals surface area contributed by atoms with Crippen molar-refractivity contribution in [2.45, 2.75) is 174 Å². The number of carbonyl (C=O) groups excluding carboxylic acids is 4. The number of nitrogens with zero attached hydrogens (tertiary/aromatic N) is 1. The van der Waals surface area contributed by atoms with E-state index in [0.29, 0.717) is 56.4 Å². The summed E-state index contributed by atoms with van der Waals surface area (Å²) in [6, 6.07) is -1.08. The predicted molar refractivity (Wildman–Crippen MR) is 219 cm³/mol. The standard InChI is InChI=1S/C46H71NO10/c1-29-13-9-8-10-14-30(2)41(55-7)27-37-22-17-34(6)46(54,57-37)43(51)44(52)47-24-12-11-15-38(47)45(53)56-42(28-40(50)32(4)25-29)31(3)16-23-39(49)33(5)26-35-18-20-36(48)21-19-35/h8-10,13-14,16,29,32-39,41-42,48-49,54H,11-12,15,17-28H2,1-7H3. The Labute approximate surface area is 341 Å². The van der Waals surface area contributed by atoms with Crippen LogP contribution < -0.4 is 0 Å². The van der Waals surface area contributed by atoms with Crippen molar-refractivity contribution in [2.24, 2.45) is 29.6 Å². The minimum Gasteiger partial charge on any atom is -0.456 e. The number of fused-ring (bicyclic) bond motifs is 3. The zero-order valence-corrected chi connectivity index (χ0v) is 35.6. The Kier molecular flexibility index (Phi) is 17.9. The van der Waals surface area contributed by atoms with Crippen LogP contribution in [0.1, 0.15) is 131 Å². The van der Waals surface area contributed by atoms with Gasteiger partial charge in [-0.1, -0.05) is 64.2 Å². The molecule has 2 saturated heterocycles. The second-order valence-electron chi connectivity index (χ2n) is 17.7. The number of rotatable bonds is 7. The monoisotopic (exact) mass is 798 g/mol. The molecule has 10 atom stereocenters. The Morgan fingerprint density at radius 1 is 1.00 bits per heavy atom. The summed E-state index contributed by atoms with van der Waals surface area (Å²) < 4.78 is 18.0. The molecule has 0 aromatic carbocycles. The van der Waals surface area contributed by atoms with Crippen LogP contribution in [0.4, 0.5) is 0 Å². The van der Waals surface area contributed by atoms with Crippen molar-refractivity contribution in [1.82, 2.24) is 4.90 Å². The van der Waals surface area contributed by atoms with Gasteiger partial charge >= 0.3 is 5.97 Å². The minimum absolute atomic E-state index is 0.0153. The highest BCUT2D eigenvalue weighted by Crippen LogP contribution is 2.37. The van der Waals surface area contributed by atoms with Gasteiger partial charge in [0.2, 0.25) is 5.79 Å². The van der Waals surface area contributed by atoms with E-state index in [2.05, 4.69) is 13.0 Å². The highest BCUT2D eigenvalue weighted by atomic mass is 16.6. The van der Waals surface area contributed by atoms with Crippen molar-refractivity contribution in [3.63, 3.8) is 0 Å². The number of carbonyl (C=O) groups is 4. The first kappa shape index (κ1) is 46.7. The lowest BCUT2D eigenvalue weighted by atomic mass is 9.80. The van der Waals surface area contributed by atoms with Gasteiger partial charge in [-0.25, -0.2) is 4.79 Å². The summed E-state index contributed by atoms with van der Waals surface area (Å²) in [6.07, 6.45) is 16.9. The number of hydrogen-bond donors (Lipinski definition) is 3. The van der Waals surface area contributed by atoms with Gasteiger partial charge in [0, 0.05) is 38.3 Å². The summed E-state index contributed by atoms with van der Waals surface area (Å²) in [5, 5.41) is 32.9. The molecule has 4 aliphatic rings. The lowest BCUT2D eigenvalue weighted by Gasteiger charge is -2.42. The molecule has 0 spiro atoms. The van der Waals surface area contributed by atoms with Crippen molar-refractivity contribution >= 4 is 23.4 Å². The lowest BCUT2D eigenvalue weighted by molar-refractivity contribution is -0.265. The van der Waals surface area contributed by atoms with Crippen LogP contribution in [0.15, 0.2) is 47.6 Å². The Hall–Kier alpha value is -2.96. The Bertz CT molecular complexity index is 1490. The topological polar surface area (TPSA) is 160 Å². The molecule has 2 bridgehead atoms. The van der Waals surface area contributed by atoms with Gasteiger partial charge in [0.05, 0.1) is 24.4 Å². The largest absolute Gasteiger partial charge is 0.456 e. The van der Waals surface area contributed by atoms with E-state index in [4.69, 9.17) is 14.2 Å². The van der Waals surface area contributed by atoms with Crippen LogP contribution in [0.3, 0.4) is 0 Å². The Balaban J connectivity index is 1.61. The maximum Gasteiger partial charge on any atom is 0.329 e. The van der Waals surface area contributed by atoms with E-state index in [1.54, 1.807) is 21.0 Å². The van der Waals surface area contributed by atoms with Gasteiger partial charge in [0.1, 0.15) is 17.9 Å². The van der Waals surface area contributed by atoms with E-state index in [0.717, 1.165) is 37.7 Å². The second-order valence-corrected chi connectivity index (χ2v) is 17.7. The normalized spacial score (nSPS) is 35.9. The van der Waals surface area contributed by atoms with Crippen LogP contribution in [0.5, 0.6) is 0 Å². The van der Waals surface area contributed by atoms with E-state index in [9.17, 15) is 34.5 Å². The van der Waals surface area contributed by atoms with Crippen LogP contribution in [-0.2, 0) is 33.4 Å². The molecule has 3 fully saturated rings. The van der Waals surface area contributed by atoms with Gasteiger partial charge in [0.25, 0.3) is 11.7 Å². The molecular formula is C46H71NO10. The zero-order chi connectivity index (χ0) is 41.9. The Morgan fingerprint density at radius 3 is 2.42 bits per heavy atom. The molecule has 0 radical (unpaired) electrons. The highest BCUT2D eigenvalue weighted by molar-refractivity contribution is 6.39. The summed E-state index contributed by atoms with van der Waals surface area (Å²) >= 11 is 0. The maximum absolute atomic E-state index is 14.1. The van der Waals surface area contributed by atoms with E-state index in [1.165, 1.54) is 4.90 Å². The number of hydrogen-bond acceptors (Lipinski definition) is 10. The van der Waals surface area contributed by atoms with Crippen LogP contribution >= 0.6 is 0 Å². The fourth-order valence-corrected chi connectivity index (χ4v) is 8.95. The molecule has 1 amide bonds. The molecule has 0 aromatic heterocycles. The number of ketones is 2. The van der Waals surface area contributed by atoms with Crippen molar-refractivity contribution in [1.29, 1.82) is 0 Å². The average molecular weight is 798 g/mol. The van der Waals surface area contributed by atoms with Gasteiger partial charge in [-0.05, 0) is 120 Å². The molecule has 1 saturated carbocycles. The van der Waals surface area contributed by atoms with Crippen LogP contribution in [0.25, 0.3) is 0 Å². The molecular weight excluding hydrogens is 727 g/mol. The molecule has 57 heavy (non-hydrogen) atoms. The van der Waals surface area contributed by atoms with Gasteiger partial charge in [-0.15, -0.1) is 0 Å². The molecule has 320 valence electrons. The summed E-state index contributed by atoms with van der Waals surface area (Å²) in [6.45, 7) is 11.5. The molecule has 0 aromatic rings. The first-order valence-electron chi connectivity index (χ1n) is 21.6. The van der Waals surface area contributed by atoms with E-state index in [1.807, 2.05) is 51.2 Å². The van der Waals surface area contributed by atoms with Crippen molar-refractivity contribution < 1.29 is 48.7 Å². The molecule has 10 unspecified atom stereocenters. The second kappa shape index (κ2) is 21.9. The van der Waals surface area contributed by atoms with E-state index >= 15 is 0 Å². The van der Waals surface area contributed by atoms with Crippen molar-refractivity contribution in [3.8, 4) is 0 Å². The number of esters is 1. The number of piperidine rings is 1. The first-order valence-corrected chi connectivity index (χ1v) is 21.6. The molecule has 3 aliphatic heterocycles. The van der Waals surface area contributed by atoms with Gasteiger partial charge < -0.3 is 34.4 Å². The third-order valence-electron chi connectivity index (χ3n) is 13.1. The number of allylic oxidation sites excluding steroid dienone is 5. The van der Waals surface area contributed by atoms with Gasteiger partial charge in [0.15, 0.2) is 0 Å². The number of methoxy groups -OCH3 is 1.